The Labute approximate surface area is 361 Å². The molecule has 0 bridgehead atoms. The fraction of sp³-hybridized carbons (Fsp3) is 0.0943. The molecule has 59 heavy (non-hydrogen) atoms. The Kier molecular flexibility index (Phi) is 8.86. The minimum atomic E-state index is -1.34. The maximum atomic E-state index is 6.93. The van der Waals surface area contributed by atoms with Crippen molar-refractivity contribution in [2.24, 2.45) is 0 Å². The van der Waals surface area contributed by atoms with E-state index in [1.54, 1.807) is 0 Å². The Morgan fingerprint density at radius 1 is 0.458 bits per heavy atom. The molecule has 8 aromatic carbocycles. The Bertz CT molecular complexity index is 2950. The molecule has 0 aliphatic carbocycles. The van der Waals surface area contributed by atoms with Gasteiger partial charge in [-0.05, 0) is 119 Å². The van der Waals surface area contributed by atoms with Crippen LogP contribution in [0.4, 0.5) is 17.1 Å². The number of benzene rings is 8. The number of ether oxygens (including phenoxy) is 1. The molecule has 3 aliphatic heterocycles. The average Bonchev–Trinajstić information content (AvgIpc) is 3.26. The van der Waals surface area contributed by atoms with Crippen LogP contribution in [0.25, 0.3) is 22.3 Å². The molecule has 0 radical (unpaired) electrons. The third kappa shape index (κ3) is 6.06. The predicted octanol–water partition coefficient (Wildman–Crippen LogP) is 16.5. The summed E-state index contributed by atoms with van der Waals surface area (Å²) in [6.07, 6.45) is 4.77. The number of nitrogens with zero attached hydrogens (tertiary/aromatic N) is 1. The smallest absolute Gasteiger partial charge is 0.163 e. The van der Waals surface area contributed by atoms with Crippen molar-refractivity contribution < 1.29 is 4.74 Å². The van der Waals surface area contributed by atoms with Crippen LogP contribution in [-0.4, -0.2) is 12.5 Å². The van der Waals surface area contributed by atoms with E-state index < -0.39 is 10.0 Å². The second kappa shape index (κ2) is 14.2. The first-order valence-electron chi connectivity index (χ1n) is 19.9. The lowest BCUT2D eigenvalue weighted by molar-refractivity contribution is 0.454. The highest BCUT2D eigenvalue weighted by atomic mass is 32.3. The van der Waals surface area contributed by atoms with Gasteiger partial charge >= 0.3 is 0 Å². The van der Waals surface area contributed by atoms with Crippen molar-refractivity contribution in [3.8, 4) is 33.8 Å². The standard InChI is InChI=1S/C53H41NOS4/c1-53(2)40-16-5-7-20-44(40)57-51-38(14-11-17-41(51)53)34-26-30-36(31-27-34)54(42-18-13-25-49-50(42)55-43-19-6-10-24-48(43)59(49,3)4)37-32-28-35(29-33-37)39-15-12-23-47-52(39)58-46-22-9-8-21-45(46)56-47/h5-33H,1-4H3. The minimum Gasteiger partial charge on any atom is -0.453 e. The van der Waals surface area contributed by atoms with Crippen molar-refractivity contribution in [1.82, 2.24) is 0 Å². The van der Waals surface area contributed by atoms with E-state index in [4.69, 9.17) is 4.74 Å². The van der Waals surface area contributed by atoms with E-state index in [-0.39, 0.29) is 5.41 Å². The Hall–Kier alpha value is -5.24. The van der Waals surface area contributed by atoms with E-state index in [0.717, 1.165) is 28.6 Å². The van der Waals surface area contributed by atoms with E-state index in [9.17, 15) is 0 Å². The largest absolute Gasteiger partial charge is 0.453 e. The van der Waals surface area contributed by atoms with Gasteiger partial charge in [0.2, 0.25) is 0 Å². The van der Waals surface area contributed by atoms with Gasteiger partial charge in [-0.1, -0.05) is 152 Å². The molecule has 0 spiro atoms. The number of fused-ring (bicyclic) bond motifs is 6. The zero-order chi connectivity index (χ0) is 39.9. The van der Waals surface area contributed by atoms with Gasteiger partial charge in [0.05, 0.1) is 5.69 Å². The van der Waals surface area contributed by atoms with Crippen molar-refractivity contribution in [1.29, 1.82) is 0 Å². The molecule has 0 aromatic heterocycles. The summed E-state index contributed by atoms with van der Waals surface area (Å²) in [6.45, 7) is 4.71. The molecule has 288 valence electrons. The van der Waals surface area contributed by atoms with Crippen molar-refractivity contribution in [3.63, 3.8) is 0 Å². The highest BCUT2D eigenvalue weighted by Crippen LogP contribution is 2.68. The second-order valence-corrected chi connectivity index (χ2v) is 22.8. The molecular formula is C53H41NOS4. The maximum absolute atomic E-state index is 6.93. The molecule has 3 heterocycles. The van der Waals surface area contributed by atoms with Crippen molar-refractivity contribution >= 4 is 62.4 Å². The summed E-state index contributed by atoms with van der Waals surface area (Å²) in [6, 6.07) is 64.6. The topological polar surface area (TPSA) is 12.5 Å². The van der Waals surface area contributed by atoms with Gasteiger partial charge in [-0.25, -0.2) is 0 Å². The zero-order valence-electron chi connectivity index (χ0n) is 33.2. The van der Waals surface area contributed by atoms with Crippen LogP contribution in [0.1, 0.15) is 25.0 Å². The first kappa shape index (κ1) is 36.8. The molecule has 0 unspecified atom stereocenters. The quantitative estimate of drug-likeness (QED) is 0.171. The SMILES string of the molecule is CC1(C)c2ccccc2Sc2c(-c3ccc(N(c4ccc(-c5cccc6c5Sc5ccccc5S6)cc4)c4cccc5c4Oc4ccccc4S5(C)C)cc3)cccc21. The number of hydrogen-bond donors (Lipinski definition) is 0. The van der Waals surface area contributed by atoms with Gasteiger partial charge in [-0.3, -0.25) is 0 Å². The summed E-state index contributed by atoms with van der Waals surface area (Å²) >= 11 is 5.64. The molecule has 11 rings (SSSR count). The van der Waals surface area contributed by atoms with Crippen LogP contribution in [0, 0.1) is 0 Å². The van der Waals surface area contributed by atoms with Gasteiger partial charge in [0.15, 0.2) is 5.75 Å². The third-order valence-corrected chi connectivity index (χ3v) is 18.6. The molecule has 6 heteroatoms. The molecular weight excluding hydrogens is 795 g/mol. The van der Waals surface area contributed by atoms with E-state index in [0.29, 0.717) is 0 Å². The van der Waals surface area contributed by atoms with Crippen LogP contribution in [0.3, 0.4) is 0 Å². The molecule has 0 amide bonds. The third-order valence-electron chi connectivity index (χ3n) is 12.0. The molecule has 0 N–H and O–H groups in total. The summed E-state index contributed by atoms with van der Waals surface area (Å²) in [7, 11) is -1.34. The number of anilines is 3. The maximum Gasteiger partial charge on any atom is 0.163 e. The number of rotatable bonds is 5. The molecule has 8 aromatic rings. The summed E-state index contributed by atoms with van der Waals surface area (Å²) in [5.41, 5.74) is 10.8. The summed E-state index contributed by atoms with van der Waals surface area (Å²) in [4.78, 5) is 12.9. The normalized spacial score (nSPS) is 15.5. The number of para-hydroxylation sites is 2. The minimum absolute atomic E-state index is 0.0854. The lowest BCUT2D eigenvalue weighted by Gasteiger charge is -2.40. The highest BCUT2D eigenvalue weighted by molar-refractivity contribution is 8.33. The first-order chi connectivity index (χ1) is 28.8. The van der Waals surface area contributed by atoms with Gasteiger partial charge in [0.1, 0.15) is 5.75 Å². The molecule has 0 saturated heterocycles. The van der Waals surface area contributed by atoms with Crippen LogP contribution in [0.15, 0.2) is 215 Å². The van der Waals surface area contributed by atoms with Crippen molar-refractivity contribution in [2.45, 2.75) is 58.4 Å². The van der Waals surface area contributed by atoms with Gasteiger partial charge in [-0.2, -0.15) is 10.0 Å². The zero-order valence-corrected chi connectivity index (χ0v) is 36.5. The average molecular weight is 836 g/mol. The van der Waals surface area contributed by atoms with E-state index in [1.165, 1.54) is 72.5 Å². The lowest BCUT2D eigenvalue weighted by Crippen LogP contribution is -2.23. The highest BCUT2D eigenvalue weighted by Gasteiger charge is 2.35. The predicted molar refractivity (Wildman–Crippen MR) is 252 cm³/mol. The fourth-order valence-electron chi connectivity index (χ4n) is 8.85. The Morgan fingerprint density at radius 3 is 1.71 bits per heavy atom. The summed E-state index contributed by atoms with van der Waals surface area (Å²) < 4.78 is 6.93. The first-order valence-corrected chi connectivity index (χ1v) is 24.8. The van der Waals surface area contributed by atoms with Crippen LogP contribution in [0.5, 0.6) is 11.5 Å². The monoisotopic (exact) mass is 835 g/mol. The van der Waals surface area contributed by atoms with Gasteiger partial charge in [0.25, 0.3) is 0 Å². The van der Waals surface area contributed by atoms with Crippen molar-refractivity contribution in [3.05, 3.63) is 187 Å². The van der Waals surface area contributed by atoms with Gasteiger partial charge < -0.3 is 9.64 Å². The lowest BCUT2D eigenvalue weighted by atomic mass is 9.77. The second-order valence-electron chi connectivity index (χ2n) is 16.1. The van der Waals surface area contributed by atoms with Crippen molar-refractivity contribution in [2.75, 3.05) is 17.4 Å². The molecule has 0 atom stereocenters. The molecule has 0 saturated carbocycles. The van der Waals surface area contributed by atoms with E-state index >= 15 is 0 Å². The van der Waals surface area contributed by atoms with Crippen LogP contribution >= 0.6 is 45.3 Å². The molecule has 2 nitrogen and oxygen atoms in total. The molecule has 3 aliphatic rings. The summed E-state index contributed by atoms with van der Waals surface area (Å²) in [5.74, 6) is 1.87. The van der Waals surface area contributed by atoms with Gasteiger partial charge in [-0.15, -0.1) is 0 Å². The molecule has 0 fully saturated rings. The van der Waals surface area contributed by atoms with Gasteiger partial charge in [0, 0.05) is 56.0 Å². The van der Waals surface area contributed by atoms with Crippen LogP contribution < -0.4 is 9.64 Å². The number of hydrogen-bond acceptors (Lipinski definition) is 5. The van der Waals surface area contributed by atoms with E-state index in [2.05, 4.69) is 207 Å². The Balaban J connectivity index is 1.02. The Morgan fingerprint density at radius 2 is 0.983 bits per heavy atom. The van der Waals surface area contributed by atoms with Crippen LogP contribution in [0.2, 0.25) is 0 Å². The summed E-state index contributed by atoms with van der Waals surface area (Å²) in [5, 5.41) is 0. The van der Waals surface area contributed by atoms with Crippen LogP contribution in [-0.2, 0) is 5.41 Å². The van der Waals surface area contributed by atoms with E-state index in [1.807, 2.05) is 35.3 Å². The fourth-order valence-corrected chi connectivity index (χ4v) is 15.1.